The van der Waals surface area contributed by atoms with Gasteiger partial charge in [-0.05, 0) is 132 Å². The van der Waals surface area contributed by atoms with E-state index >= 15 is 0 Å². The Balaban J connectivity index is 0.980. The summed E-state index contributed by atoms with van der Waals surface area (Å²) in [5.41, 5.74) is 12.9. The predicted molar refractivity (Wildman–Crippen MR) is 230 cm³/mol. The molecule has 0 spiro atoms. The standard InChI is InChI=1S/C52H44N2O/c1-34-37-18-19-38(34)33-52(2,32-37)39-22-26-41(27-23-39)53(43-28-29-47-46-14-5-8-17-50(46)55-51(47)31-43)40-24-20-35(21-25-40)36-10-9-11-42(30-36)54-48-15-6-3-12-44(48)45-13-4-7-16-49(45)54/h3-17,20-31,34,37-38H,18-19,32-33H2,1-2H3/t34-,37+,38?,52?/m0/s1. The molecule has 3 nitrogen and oxygen atoms in total. The average molecular weight is 713 g/mol. The van der Waals surface area contributed by atoms with E-state index in [0.717, 1.165) is 62.4 Å². The number of hydrogen-bond donors (Lipinski definition) is 0. The van der Waals surface area contributed by atoms with Gasteiger partial charge in [-0.1, -0.05) is 105 Å². The van der Waals surface area contributed by atoms with E-state index in [-0.39, 0.29) is 5.41 Å². The minimum Gasteiger partial charge on any atom is -0.456 e. The average Bonchev–Trinajstić information content (AvgIpc) is 3.84. The van der Waals surface area contributed by atoms with E-state index in [1.54, 1.807) is 0 Å². The van der Waals surface area contributed by atoms with E-state index in [1.807, 2.05) is 6.07 Å². The topological polar surface area (TPSA) is 21.3 Å². The molecule has 2 unspecified atom stereocenters. The van der Waals surface area contributed by atoms with Crippen LogP contribution in [0.25, 0.3) is 60.6 Å². The van der Waals surface area contributed by atoms with Crippen LogP contribution in [0.4, 0.5) is 17.1 Å². The van der Waals surface area contributed by atoms with Crippen LogP contribution in [0.3, 0.4) is 0 Å². The smallest absolute Gasteiger partial charge is 0.137 e. The molecule has 2 aromatic heterocycles. The van der Waals surface area contributed by atoms with Gasteiger partial charge in [0.2, 0.25) is 0 Å². The van der Waals surface area contributed by atoms with Crippen molar-refractivity contribution in [1.29, 1.82) is 0 Å². The number of rotatable bonds is 6. The Labute approximate surface area is 322 Å². The summed E-state index contributed by atoms with van der Waals surface area (Å²) in [5.74, 6) is 2.59. The van der Waals surface area contributed by atoms with Crippen LogP contribution in [-0.2, 0) is 5.41 Å². The molecular weight excluding hydrogens is 669 g/mol. The molecule has 3 heteroatoms. The third-order valence-corrected chi connectivity index (χ3v) is 13.4. The van der Waals surface area contributed by atoms with Crippen LogP contribution in [0.2, 0.25) is 0 Å². The van der Waals surface area contributed by atoms with Gasteiger partial charge in [-0.3, -0.25) is 0 Å². The molecule has 9 aromatic rings. The molecule has 0 N–H and O–H groups in total. The maximum absolute atomic E-state index is 6.40. The lowest BCUT2D eigenvalue weighted by Gasteiger charge is -2.42. The largest absolute Gasteiger partial charge is 0.456 e. The predicted octanol–water partition coefficient (Wildman–Crippen LogP) is 14.5. The third kappa shape index (κ3) is 5.24. The first kappa shape index (κ1) is 32.4. The van der Waals surface area contributed by atoms with E-state index in [1.165, 1.54) is 64.2 Å². The van der Waals surface area contributed by atoms with Gasteiger partial charge >= 0.3 is 0 Å². The first-order chi connectivity index (χ1) is 27.0. The second kappa shape index (κ2) is 12.5. The number of fused-ring (bicyclic) bond motifs is 8. The molecule has 0 saturated heterocycles. The van der Waals surface area contributed by atoms with Crippen LogP contribution in [-0.4, -0.2) is 4.57 Å². The molecule has 268 valence electrons. The number of hydrogen-bond acceptors (Lipinski definition) is 2. The molecule has 11 rings (SSSR count). The summed E-state index contributed by atoms with van der Waals surface area (Å²) >= 11 is 0. The van der Waals surface area contributed by atoms with Gasteiger partial charge in [0.15, 0.2) is 0 Å². The van der Waals surface area contributed by atoms with Crippen LogP contribution in [0.15, 0.2) is 168 Å². The fourth-order valence-corrected chi connectivity index (χ4v) is 10.5. The molecule has 0 aliphatic heterocycles. The number of aromatic nitrogens is 1. The molecule has 55 heavy (non-hydrogen) atoms. The number of para-hydroxylation sites is 3. The normalized spacial score (nSPS) is 20.9. The lowest BCUT2D eigenvalue weighted by Crippen LogP contribution is -2.35. The lowest BCUT2D eigenvalue weighted by molar-refractivity contribution is 0.162. The summed E-state index contributed by atoms with van der Waals surface area (Å²) in [6, 6.07) is 59.9. The number of anilines is 3. The Hall–Kier alpha value is -6.06. The van der Waals surface area contributed by atoms with Crippen molar-refractivity contribution < 1.29 is 4.42 Å². The van der Waals surface area contributed by atoms with Crippen LogP contribution in [0, 0.1) is 17.8 Å². The summed E-state index contributed by atoms with van der Waals surface area (Å²) in [6.07, 6.45) is 5.40. The fourth-order valence-electron chi connectivity index (χ4n) is 10.5. The maximum atomic E-state index is 6.40. The summed E-state index contributed by atoms with van der Waals surface area (Å²) in [5, 5.41) is 4.84. The van der Waals surface area contributed by atoms with Crippen LogP contribution >= 0.6 is 0 Å². The van der Waals surface area contributed by atoms with E-state index in [9.17, 15) is 0 Å². The van der Waals surface area contributed by atoms with Gasteiger partial charge in [0.05, 0.1) is 11.0 Å². The fraction of sp³-hybridized carbons (Fsp3) is 0.192. The molecule has 2 bridgehead atoms. The summed E-state index contributed by atoms with van der Waals surface area (Å²) in [4.78, 5) is 2.38. The van der Waals surface area contributed by atoms with Crippen molar-refractivity contribution in [2.75, 3.05) is 4.90 Å². The Morgan fingerprint density at radius 1 is 0.527 bits per heavy atom. The summed E-state index contributed by atoms with van der Waals surface area (Å²) in [7, 11) is 0. The van der Waals surface area contributed by atoms with Crippen molar-refractivity contribution >= 4 is 60.8 Å². The molecule has 7 aromatic carbocycles. The summed E-state index contributed by atoms with van der Waals surface area (Å²) < 4.78 is 8.80. The Morgan fingerprint density at radius 3 is 1.80 bits per heavy atom. The minimum absolute atomic E-state index is 0.240. The molecule has 2 aliphatic carbocycles. The van der Waals surface area contributed by atoms with Gasteiger partial charge in [-0.2, -0.15) is 0 Å². The first-order valence-corrected chi connectivity index (χ1v) is 20.0. The van der Waals surface area contributed by atoms with E-state index in [2.05, 4.69) is 181 Å². The number of nitrogens with zero attached hydrogens (tertiary/aromatic N) is 2. The quantitative estimate of drug-likeness (QED) is 0.171. The highest BCUT2D eigenvalue weighted by molar-refractivity contribution is 6.09. The lowest BCUT2D eigenvalue weighted by atomic mass is 9.63. The minimum atomic E-state index is 0.240. The Kier molecular flexibility index (Phi) is 7.36. The molecule has 0 amide bonds. The Morgan fingerprint density at radius 2 is 1.11 bits per heavy atom. The van der Waals surface area contributed by atoms with Crippen LogP contribution in [0.5, 0.6) is 0 Å². The first-order valence-electron chi connectivity index (χ1n) is 20.0. The summed E-state index contributed by atoms with van der Waals surface area (Å²) in [6.45, 7) is 5.01. The van der Waals surface area contributed by atoms with Gasteiger partial charge in [0.1, 0.15) is 11.2 Å². The van der Waals surface area contributed by atoms with Crippen molar-refractivity contribution in [1.82, 2.24) is 4.57 Å². The van der Waals surface area contributed by atoms with Crippen LogP contribution < -0.4 is 4.90 Å². The number of furan rings is 1. The zero-order valence-corrected chi connectivity index (χ0v) is 31.5. The zero-order chi connectivity index (χ0) is 36.7. The molecule has 2 heterocycles. The highest BCUT2D eigenvalue weighted by Crippen LogP contribution is 2.55. The van der Waals surface area contributed by atoms with Gasteiger partial charge in [-0.15, -0.1) is 0 Å². The van der Waals surface area contributed by atoms with E-state index in [4.69, 9.17) is 4.42 Å². The van der Waals surface area contributed by atoms with E-state index < -0.39 is 0 Å². The molecule has 2 aliphatic rings. The van der Waals surface area contributed by atoms with E-state index in [0.29, 0.717) is 0 Å². The molecule has 2 saturated carbocycles. The van der Waals surface area contributed by atoms with Crippen molar-refractivity contribution in [2.24, 2.45) is 17.8 Å². The van der Waals surface area contributed by atoms with Crippen molar-refractivity contribution in [3.05, 3.63) is 169 Å². The second-order valence-electron chi connectivity index (χ2n) is 16.6. The molecular formula is C52H44N2O. The van der Waals surface area contributed by atoms with Crippen molar-refractivity contribution in [3.8, 4) is 16.8 Å². The maximum Gasteiger partial charge on any atom is 0.137 e. The van der Waals surface area contributed by atoms with Gasteiger partial charge in [-0.25, -0.2) is 0 Å². The second-order valence-corrected chi connectivity index (χ2v) is 16.6. The molecule has 2 fully saturated rings. The molecule has 4 atom stereocenters. The monoisotopic (exact) mass is 712 g/mol. The molecule has 0 radical (unpaired) electrons. The van der Waals surface area contributed by atoms with Gasteiger partial charge in [0, 0.05) is 50.4 Å². The van der Waals surface area contributed by atoms with Gasteiger partial charge in [0.25, 0.3) is 0 Å². The van der Waals surface area contributed by atoms with Crippen molar-refractivity contribution in [2.45, 2.75) is 44.9 Å². The number of benzene rings is 7. The van der Waals surface area contributed by atoms with Crippen LogP contribution in [0.1, 0.15) is 45.1 Å². The highest BCUT2D eigenvalue weighted by Gasteiger charge is 2.46. The van der Waals surface area contributed by atoms with Crippen molar-refractivity contribution in [3.63, 3.8) is 0 Å². The third-order valence-electron chi connectivity index (χ3n) is 13.4. The van der Waals surface area contributed by atoms with Gasteiger partial charge < -0.3 is 13.9 Å². The Bertz CT molecular complexity index is 2810. The zero-order valence-electron chi connectivity index (χ0n) is 31.5. The highest BCUT2D eigenvalue weighted by atomic mass is 16.3. The SMILES string of the molecule is C[C@@H]1C2CC[C@@H]1CC(C)(c1ccc(N(c3ccc(-c4cccc(-n5c6ccccc6c6ccccc65)c4)cc3)c3ccc4c(c3)oc3ccccc34)cc1)C2.